The Balaban J connectivity index is 2.22. The summed E-state index contributed by atoms with van der Waals surface area (Å²) < 4.78 is 32.6. The maximum Gasteiger partial charge on any atom is 0.200 e. The molecule has 0 amide bonds. The highest BCUT2D eigenvalue weighted by Gasteiger charge is 2.25. The first-order valence-electron chi connectivity index (χ1n) is 6.46. The number of halogens is 2. The van der Waals surface area contributed by atoms with E-state index in [1.807, 2.05) is 0 Å². The highest BCUT2D eigenvalue weighted by atomic mass is 19.2. The van der Waals surface area contributed by atoms with E-state index in [-0.39, 0.29) is 11.2 Å². The van der Waals surface area contributed by atoms with Crippen LogP contribution in [0.3, 0.4) is 0 Å². The van der Waals surface area contributed by atoms with E-state index in [9.17, 15) is 8.78 Å². The summed E-state index contributed by atoms with van der Waals surface area (Å²) in [6.45, 7) is 6.70. The fourth-order valence-electron chi connectivity index (χ4n) is 1.92. The third kappa shape index (κ3) is 3.44. The summed E-state index contributed by atoms with van der Waals surface area (Å²) in [5, 5.41) is 0. The van der Waals surface area contributed by atoms with Crippen molar-refractivity contribution in [3.05, 3.63) is 29.3 Å². The number of ether oxygens (including phenoxy) is 1. The van der Waals surface area contributed by atoms with Gasteiger partial charge in [-0.2, -0.15) is 4.39 Å². The molecule has 100 valence electrons. The molecule has 0 aromatic heterocycles. The Morgan fingerprint density at radius 2 is 1.89 bits per heavy atom. The van der Waals surface area contributed by atoms with E-state index in [0.717, 1.165) is 18.4 Å². The zero-order valence-corrected chi connectivity index (χ0v) is 11.2. The summed E-state index contributed by atoms with van der Waals surface area (Å²) >= 11 is 0. The van der Waals surface area contributed by atoms with E-state index >= 15 is 0 Å². The summed E-state index contributed by atoms with van der Waals surface area (Å²) in [5.41, 5.74) is 0.768. The van der Waals surface area contributed by atoms with Crippen molar-refractivity contribution < 1.29 is 13.5 Å². The third-order valence-corrected chi connectivity index (χ3v) is 3.01. The quantitative estimate of drug-likeness (QED) is 0.776. The summed E-state index contributed by atoms with van der Waals surface area (Å²) in [7, 11) is 0. The van der Waals surface area contributed by atoms with Crippen LogP contribution in [0.2, 0.25) is 0 Å². The van der Waals surface area contributed by atoms with Crippen LogP contribution in [0.1, 0.15) is 39.2 Å². The molecular weight excluding hydrogens is 234 g/mol. The van der Waals surface area contributed by atoms with Gasteiger partial charge in [-0.25, -0.2) is 4.39 Å². The summed E-state index contributed by atoms with van der Waals surface area (Å²) in [4.78, 5) is 0. The Morgan fingerprint density at radius 1 is 1.22 bits per heavy atom. The number of hydrogen-bond donors (Lipinski definition) is 0. The van der Waals surface area contributed by atoms with Crippen molar-refractivity contribution in [2.45, 2.75) is 40.0 Å². The molecule has 1 fully saturated rings. The van der Waals surface area contributed by atoms with Crippen LogP contribution in [0.25, 0.3) is 0 Å². The van der Waals surface area contributed by atoms with Gasteiger partial charge in [0.15, 0.2) is 11.6 Å². The second-order valence-electron chi connectivity index (χ2n) is 6.34. The smallest absolute Gasteiger partial charge is 0.200 e. The molecule has 18 heavy (non-hydrogen) atoms. The molecule has 3 heteroatoms. The largest absolute Gasteiger partial charge is 0.490 e. The molecule has 0 radical (unpaired) electrons. The van der Waals surface area contributed by atoms with E-state index in [1.54, 1.807) is 6.07 Å². The molecule has 1 aliphatic carbocycles. The third-order valence-electron chi connectivity index (χ3n) is 3.01. The van der Waals surface area contributed by atoms with Crippen molar-refractivity contribution in [1.82, 2.24) is 0 Å². The number of rotatable bonds is 4. The Hall–Kier alpha value is -1.12. The number of hydrogen-bond acceptors (Lipinski definition) is 1. The Kier molecular flexibility index (Phi) is 3.60. The molecule has 0 aliphatic heterocycles. The predicted octanol–water partition coefficient (Wildman–Crippen LogP) is 4.34. The van der Waals surface area contributed by atoms with Gasteiger partial charge in [0, 0.05) is 0 Å². The van der Waals surface area contributed by atoms with Crippen molar-refractivity contribution in [3.63, 3.8) is 0 Å². The highest BCUT2D eigenvalue weighted by molar-refractivity contribution is 5.36. The standard InChI is InChI=1S/C15H20F2O/c1-15(2,3)8-11-6-7-12(16)13(17)14(11)18-9-10-4-5-10/h6-7,10H,4-5,8-9H2,1-3H3. The van der Waals surface area contributed by atoms with Gasteiger partial charge in [0.2, 0.25) is 5.82 Å². The van der Waals surface area contributed by atoms with Gasteiger partial charge in [0.1, 0.15) is 0 Å². The van der Waals surface area contributed by atoms with Gasteiger partial charge in [0.05, 0.1) is 6.61 Å². The van der Waals surface area contributed by atoms with Gasteiger partial charge in [-0.05, 0) is 42.2 Å². The molecule has 1 aromatic rings. The molecule has 0 heterocycles. The summed E-state index contributed by atoms with van der Waals surface area (Å²) in [6, 6.07) is 2.81. The minimum Gasteiger partial charge on any atom is -0.490 e. The van der Waals surface area contributed by atoms with Crippen LogP contribution in [-0.2, 0) is 6.42 Å². The molecule has 0 saturated heterocycles. The molecule has 0 bridgehead atoms. The zero-order valence-electron chi connectivity index (χ0n) is 11.2. The molecule has 2 rings (SSSR count). The van der Waals surface area contributed by atoms with Crippen molar-refractivity contribution >= 4 is 0 Å². The molecule has 0 N–H and O–H groups in total. The molecule has 0 unspecified atom stereocenters. The lowest BCUT2D eigenvalue weighted by molar-refractivity contribution is 0.272. The molecule has 1 aromatic carbocycles. The lowest BCUT2D eigenvalue weighted by atomic mass is 9.87. The molecule has 0 spiro atoms. The zero-order chi connectivity index (χ0) is 13.3. The van der Waals surface area contributed by atoms with Gasteiger partial charge in [-0.3, -0.25) is 0 Å². The average molecular weight is 254 g/mol. The Bertz CT molecular complexity index is 431. The van der Waals surface area contributed by atoms with E-state index in [2.05, 4.69) is 20.8 Å². The van der Waals surface area contributed by atoms with Crippen molar-refractivity contribution in [1.29, 1.82) is 0 Å². The van der Waals surface area contributed by atoms with Crippen LogP contribution in [0.15, 0.2) is 12.1 Å². The predicted molar refractivity (Wildman–Crippen MR) is 67.7 cm³/mol. The SMILES string of the molecule is CC(C)(C)Cc1ccc(F)c(F)c1OCC1CC1. The van der Waals surface area contributed by atoms with Crippen LogP contribution in [-0.4, -0.2) is 6.61 Å². The van der Waals surface area contributed by atoms with Crippen LogP contribution in [0, 0.1) is 23.0 Å². The van der Waals surface area contributed by atoms with Gasteiger partial charge in [-0.15, -0.1) is 0 Å². The van der Waals surface area contributed by atoms with Crippen LogP contribution < -0.4 is 4.74 Å². The van der Waals surface area contributed by atoms with E-state index < -0.39 is 11.6 Å². The topological polar surface area (TPSA) is 9.23 Å². The van der Waals surface area contributed by atoms with Crippen LogP contribution in [0.5, 0.6) is 5.75 Å². The Morgan fingerprint density at radius 3 is 2.44 bits per heavy atom. The van der Waals surface area contributed by atoms with Gasteiger partial charge >= 0.3 is 0 Å². The summed E-state index contributed by atoms with van der Waals surface area (Å²) in [5.74, 6) is -1.05. The van der Waals surface area contributed by atoms with Crippen molar-refractivity contribution in [2.24, 2.45) is 11.3 Å². The van der Waals surface area contributed by atoms with Crippen LogP contribution in [0.4, 0.5) is 8.78 Å². The first-order chi connectivity index (χ1) is 8.37. The van der Waals surface area contributed by atoms with Gasteiger partial charge < -0.3 is 4.74 Å². The van der Waals surface area contributed by atoms with E-state index in [4.69, 9.17) is 4.74 Å². The normalized spacial score (nSPS) is 15.8. The molecule has 1 aliphatic rings. The number of benzene rings is 1. The fourth-order valence-corrected chi connectivity index (χ4v) is 1.92. The van der Waals surface area contributed by atoms with Crippen molar-refractivity contribution in [2.75, 3.05) is 6.61 Å². The molecule has 1 nitrogen and oxygen atoms in total. The van der Waals surface area contributed by atoms with Gasteiger partial charge in [-0.1, -0.05) is 26.8 Å². The monoisotopic (exact) mass is 254 g/mol. The minimum absolute atomic E-state index is 0.0158. The van der Waals surface area contributed by atoms with Gasteiger partial charge in [0.25, 0.3) is 0 Å². The molecular formula is C15H20F2O. The van der Waals surface area contributed by atoms with E-state index in [0.29, 0.717) is 18.9 Å². The Labute approximate surface area is 107 Å². The van der Waals surface area contributed by atoms with Crippen molar-refractivity contribution in [3.8, 4) is 5.75 Å². The highest BCUT2D eigenvalue weighted by Crippen LogP contribution is 2.34. The van der Waals surface area contributed by atoms with Crippen LogP contribution >= 0.6 is 0 Å². The second-order valence-corrected chi connectivity index (χ2v) is 6.34. The fraction of sp³-hybridized carbons (Fsp3) is 0.600. The summed E-state index contributed by atoms with van der Waals surface area (Å²) in [6.07, 6.45) is 2.93. The maximum absolute atomic E-state index is 13.8. The first-order valence-corrected chi connectivity index (χ1v) is 6.46. The maximum atomic E-state index is 13.8. The van der Waals surface area contributed by atoms with E-state index in [1.165, 1.54) is 6.07 Å². The lowest BCUT2D eigenvalue weighted by Gasteiger charge is -2.21. The second kappa shape index (κ2) is 4.87. The molecule has 1 saturated carbocycles. The minimum atomic E-state index is -0.850. The lowest BCUT2D eigenvalue weighted by Crippen LogP contribution is -2.12. The first kappa shape index (κ1) is 13.3. The molecule has 0 atom stereocenters. The average Bonchev–Trinajstić information content (AvgIpc) is 3.05.